The van der Waals surface area contributed by atoms with Crippen molar-refractivity contribution in [3.8, 4) is 11.5 Å². The smallest absolute Gasteiger partial charge is 0.387 e. The van der Waals surface area contributed by atoms with Gasteiger partial charge in [0.1, 0.15) is 5.82 Å². The number of guanidine groups is 1. The van der Waals surface area contributed by atoms with Crippen LogP contribution < -0.4 is 20.1 Å². The van der Waals surface area contributed by atoms with Crippen molar-refractivity contribution >= 4 is 41.7 Å². The largest absolute Gasteiger partial charge is 0.493 e. The van der Waals surface area contributed by atoms with Gasteiger partial charge < -0.3 is 20.1 Å². The number of hydrogen-bond donors (Lipinski definition) is 2. The summed E-state index contributed by atoms with van der Waals surface area (Å²) < 4.78 is 48.1. The molecule has 2 aromatic rings. The van der Waals surface area contributed by atoms with Crippen LogP contribution in [0.25, 0.3) is 0 Å². The molecule has 0 unspecified atom stereocenters. The minimum atomic E-state index is -2.94. The lowest BCUT2D eigenvalue weighted by Gasteiger charge is -2.15. The Morgan fingerprint density at radius 1 is 1.07 bits per heavy atom. The Kier molecular flexibility index (Phi) is 11.8. The van der Waals surface area contributed by atoms with E-state index < -0.39 is 6.61 Å². The maximum atomic E-state index is 13.5. The fraction of sp³-hybridized carbons (Fsp3) is 0.350. The molecule has 0 saturated carbocycles. The van der Waals surface area contributed by atoms with E-state index in [1.165, 1.54) is 25.3 Å². The molecule has 166 valence electrons. The summed E-state index contributed by atoms with van der Waals surface area (Å²) in [5, 5.41) is 6.29. The number of ether oxygens (including phenoxy) is 2. The van der Waals surface area contributed by atoms with Crippen molar-refractivity contribution in [1.29, 1.82) is 0 Å². The lowest BCUT2D eigenvalue weighted by molar-refractivity contribution is -0.0512. The molecular formula is C20H25F3IN3O2S. The topological polar surface area (TPSA) is 54.9 Å². The van der Waals surface area contributed by atoms with Crippen LogP contribution in [-0.2, 0) is 18.8 Å². The number of rotatable bonds is 9. The summed E-state index contributed by atoms with van der Waals surface area (Å²) in [5.74, 6) is 1.17. The van der Waals surface area contributed by atoms with Gasteiger partial charge in [-0.3, -0.25) is 4.99 Å². The highest BCUT2D eigenvalue weighted by Gasteiger charge is 2.12. The summed E-state index contributed by atoms with van der Waals surface area (Å²) in [6, 6.07) is 9.51. The van der Waals surface area contributed by atoms with Crippen molar-refractivity contribution in [2.45, 2.75) is 25.5 Å². The van der Waals surface area contributed by atoms with E-state index in [9.17, 15) is 13.2 Å². The second-order valence-electron chi connectivity index (χ2n) is 5.99. The molecule has 0 bridgehead atoms. The van der Waals surface area contributed by atoms with Gasteiger partial charge in [-0.2, -0.15) is 20.5 Å². The Hall–Kier alpha value is -1.82. The minimum Gasteiger partial charge on any atom is -0.493 e. The van der Waals surface area contributed by atoms with Gasteiger partial charge in [0, 0.05) is 25.9 Å². The molecule has 0 heterocycles. The third-order valence-electron chi connectivity index (χ3n) is 4.04. The fourth-order valence-electron chi connectivity index (χ4n) is 2.66. The molecule has 0 aliphatic rings. The summed E-state index contributed by atoms with van der Waals surface area (Å²) >= 11 is 1.62. The van der Waals surface area contributed by atoms with Gasteiger partial charge >= 0.3 is 6.61 Å². The molecule has 0 aliphatic carbocycles. The third kappa shape index (κ3) is 8.13. The van der Waals surface area contributed by atoms with E-state index in [1.807, 2.05) is 6.26 Å². The molecule has 0 aromatic heterocycles. The number of nitrogens with one attached hydrogen (secondary N) is 2. The third-order valence-corrected chi connectivity index (χ3v) is 4.64. The summed E-state index contributed by atoms with van der Waals surface area (Å²) in [6.07, 6.45) is 1.96. The molecule has 0 amide bonds. The van der Waals surface area contributed by atoms with Crippen molar-refractivity contribution in [3.05, 3.63) is 58.9 Å². The molecule has 0 aliphatic heterocycles. The number of hydrogen-bond acceptors (Lipinski definition) is 4. The van der Waals surface area contributed by atoms with E-state index in [1.54, 1.807) is 37.0 Å². The highest BCUT2D eigenvalue weighted by Crippen LogP contribution is 2.29. The van der Waals surface area contributed by atoms with Gasteiger partial charge in [0.15, 0.2) is 17.5 Å². The first-order chi connectivity index (χ1) is 14.0. The number of aliphatic imine (C=N–C) groups is 1. The molecule has 10 heteroatoms. The number of methoxy groups -OCH3 is 1. The molecule has 0 radical (unpaired) electrons. The van der Waals surface area contributed by atoms with E-state index in [0.717, 1.165) is 11.1 Å². The van der Waals surface area contributed by atoms with Crippen LogP contribution in [0.2, 0.25) is 0 Å². The Morgan fingerprint density at radius 3 is 2.43 bits per heavy atom. The number of thioether (sulfide) groups is 1. The standard InChI is InChI=1S/C20H24F3N3O2S.HI/c1-24-20(26-11-14-5-6-16(21)9-15(14)12-29-3)25-10-13-4-7-17(27-2)18(8-13)28-19(22)23;/h4-9,19H,10-12H2,1-3H3,(H2,24,25,26);1H. The van der Waals surface area contributed by atoms with Gasteiger partial charge in [-0.25, -0.2) is 4.39 Å². The fourth-order valence-corrected chi connectivity index (χ4v) is 3.24. The van der Waals surface area contributed by atoms with Crippen molar-refractivity contribution < 1.29 is 22.6 Å². The first-order valence-corrected chi connectivity index (χ1v) is 10.2. The Bertz CT molecular complexity index is 841. The van der Waals surface area contributed by atoms with E-state index in [0.29, 0.717) is 30.4 Å². The quantitative estimate of drug-likeness (QED) is 0.265. The number of nitrogens with zero attached hydrogens (tertiary/aromatic N) is 1. The molecule has 5 nitrogen and oxygen atoms in total. The summed E-state index contributed by atoms with van der Waals surface area (Å²) in [7, 11) is 3.01. The van der Waals surface area contributed by atoms with Crippen LogP contribution in [0.1, 0.15) is 16.7 Å². The van der Waals surface area contributed by atoms with Crippen LogP contribution in [0.4, 0.5) is 13.2 Å². The first kappa shape index (κ1) is 26.2. The van der Waals surface area contributed by atoms with Crippen LogP contribution in [0.15, 0.2) is 41.4 Å². The van der Waals surface area contributed by atoms with Gasteiger partial charge in [-0.15, -0.1) is 24.0 Å². The van der Waals surface area contributed by atoms with Gasteiger partial charge in [-0.1, -0.05) is 12.1 Å². The predicted molar refractivity (Wildman–Crippen MR) is 126 cm³/mol. The highest BCUT2D eigenvalue weighted by atomic mass is 127. The Labute approximate surface area is 195 Å². The normalized spacial score (nSPS) is 11.1. The zero-order valence-corrected chi connectivity index (χ0v) is 20.0. The molecule has 0 atom stereocenters. The molecule has 0 saturated heterocycles. The highest BCUT2D eigenvalue weighted by molar-refractivity contribution is 14.0. The zero-order valence-electron chi connectivity index (χ0n) is 16.9. The monoisotopic (exact) mass is 555 g/mol. The van der Waals surface area contributed by atoms with E-state index in [4.69, 9.17) is 4.74 Å². The van der Waals surface area contributed by atoms with Crippen molar-refractivity contribution in [2.75, 3.05) is 20.4 Å². The summed E-state index contributed by atoms with van der Waals surface area (Å²) in [4.78, 5) is 4.16. The second-order valence-corrected chi connectivity index (χ2v) is 6.86. The lowest BCUT2D eigenvalue weighted by Crippen LogP contribution is -2.36. The van der Waals surface area contributed by atoms with Crippen LogP contribution >= 0.6 is 35.7 Å². The zero-order chi connectivity index (χ0) is 21.2. The maximum Gasteiger partial charge on any atom is 0.387 e. The van der Waals surface area contributed by atoms with Crippen molar-refractivity contribution in [3.63, 3.8) is 0 Å². The number of benzene rings is 2. The Balaban J connectivity index is 0.00000450. The maximum absolute atomic E-state index is 13.5. The van der Waals surface area contributed by atoms with Gasteiger partial charge in [0.05, 0.1) is 7.11 Å². The molecular weight excluding hydrogens is 530 g/mol. The SMILES string of the molecule is CN=C(NCc1ccc(OC)c(OC(F)F)c1)NCc1ccc(F)cc1CSC.I. The van der Waals surface area contributed by atoms with Crippen LogP contribution in [0.3, 0.4) is 0 Å². The molecule has 2 N–H and O–H groups in total. The van der Waals surface area contributed by atoms with Crippen molar-refractivity contribution in [2.24, 2.45) is 4.99 Å². The van der Waals surface area contributed by atoms with E-state index >= 15 is 0 Å². The van der Waals surface area contributed by atoms with Crippen LogP contribution in [0, 0.1) is 5.82 Å². The molecule has 0 fully saturated rings. The second kappa shape index (κ2) is 13.5. The molecule has 2 rings (SSSR count). The summed E-state index contributed by atoms with van der Waals surface area (Å²) in [5.41, 5.74) is 2.61. The Morgan fingerprint density at radius 2 is 1.80 bits per heavy atom. The molecule has 0 spiro atoms. The van der Waals surface area contributed by atoms with Gasteiger partial charge in [0.25, 0.3) is 0 Å². The van der Waals surface area contributed by atoms with Crippen molar-refractivity contribution in [1.82, 2.24) is 10.6 Å². The lowest BCUT2D eigenvalue weighted by atomic mass is 10.1. The van der Waals surface area contributed by atoms with Gasteiger partial charge in [0.2, 0.25) is 0 Å². The molecule has 2 aromatic carbocycles. The van der Waals surface area contributed by atoms with E-state index in [2.05, 4.69) is 20.4 Å². The van der Waals surface area contributed by atoms with Crippen LogP contribution in [-0.4, -0.2) is 33.0 Å². The molecule has 30 heavy (non-hydrogen) atoms. The number of alkyl halides is 2. The van der Waals surface area contributed by atoms with Gasteiger partial charge in [-0.05, 0) is 47.2 Å². The summed E-state index contributed by atoms with van der Waals surface area (Å²) in [6.45, 7) is -2.13. The minimum absolute atomic E-state index is 0. The number of halogens is 4. The van der Waals surface area contributed by atoms with E-state index in [-0.39, 0.29) is 41.3 Å². The first-order valence-electron chi connectivity index (χ1n) is 8.79. The van der Waals surface area contributed by atoms with Crippen LogP contribution in [0.5, 0.6) is 11.5 Å². The predicted octanol–water partition coefficient (Wildman–Crippen LogP) is 4.78. The average molecular weight is 555 g/mol. The average Bonchev–Trinajstić information content (AvgIpc) is 2.69.